The molecule has 0 saturated heterocycles. The number of nitrogens with zero attached hydrogens (tertiary/aromatic N) is 2. The minimum Gasteiger partial charge on any atom is -0.324 e. The van der Waals surface area contributed by atoms with Crippen LogP contribution >= 0.6 is 11.6 Å². The van der Waals surface area contributed by atoms with Crippen molar-refractivity contribution in [2.45, 2.75) is 26.8 Å². The summed E-state index contributed by atoms with van der Waals surface area (Å²) in [5, 5.41) is 3.90. The lowest BCUT2D eigenvalue weighted by Gasteiger charge is -2.14. The van der Waals surface area contributed by atoms with Gasteiger partial charge in [-0.2, -0.15) is 0 Å². The van der Waals surface area contributed by atoms with Crippen LogP contribution in [-0.4, -0.2) is 15.5 Å². The topological polar surface area (TPSA) is 64.0 Å². The number of fused-ring (bicyclic) bond motifs is 1. The Hall–Kier alpha value is -2.66. The predicted molar refractivity (Wildman–Crippen MR) is 100 cm³/mol. The highest BCUT2D eigenvalue weighted by Gasteiger charge is 2.14. The zero-order valence-electron chi connectivity index (χ0n) is 14.0. The number of aromatic nitrogens is 2. The van der Waals surface area contributed by atoms with Crippen molar-refractivity contribution in [1.29, 1.82) is 0 Å². The molecule has 1 heterocycles. The molecule has 0 aliphatic heterocycles. The molecule has 128 valence electrons. The van der Waals surface area contributed by atoms with Crippen LogP contribution in [-0.2, 0) is 17.8 Å². The van der Waals surface area contributed by atoms with Gasteiger partial charge in [-0.25, -0.2) is 4.98 Å². The summed E-state index contributed by atoms with van der Waals surface area (Å²) in [5.41, 5.74) is 1.86. The highest BCUT2D eigenvalue weighted by atomic mass is 35.5. The summed E-state index contributed by atoms with van der Waals surface area (Å²) in [6.45, 7) is 3.65. The van der Waals surface area contributed by atoms with Gasteiger partial charge >= 0.3 is 0 Å². The van der Waals surface area contributed by atoms with Crippen molar-refractivity contribution in [3.8, 4) is 0 Å². The quantitative estimate of drug-likeness (QED) is 0.778. The first-order valence-electron chi connectivity index (χ1n) is 8.04. The number of hydrogen-bond acceptors (Lipinski definition) is 3. The van der Waals surface area contributed by atoms with E-state index in [1.807, 2.05) is 19.9 Å². The van der Waals surface area contributed by atoms with Crippen molar-refractivity contribution in [2.24, 2.45) is 0 Å². The molecule has 2 aromatic carbocycles. The fraction of sp³-hybridized carbons (Fsp3) is 0.211. The van der Waals surface area contributed by atoms with Crippen LogP contribution in [0.25, 0.3) is 10.9 Å². The summed E-state index contributed by atoms with van der Waals surface area (Å²) < 4.78 is 1.43. The van der Waals surface area contributed by atoms with E-state index in [9.17, 15) is 9.59 Å². The number of carbonyl (C=O) groups excluding carboxylic acids is 1. The minimum absolute atomic E-state index is 0.0915. The monoisotopic (exact) mass is 355 g/mol. The second-order valence-electron chi connectivity index (χ2n) is 5.75. The number of nitrogens with one attached hydrogen (secondary N) is 1. The molecular formula is C19H18ClN3O2. The average Bonchev–Trinajstić information content (AvgIpc) is 2.61. The number of amides is 1. The van der Waals surface area contributed by atoms with Gasteiger partial charge in [0.15, 0.2) is 0 Å². The van der Waals surface area contributed by atoms with Crippen molar-refractivity contribution >= 4 is 34.1 Å². The van der Waals surface area contributed by atoms with Gasteiger partial charge in [-0.05, 0) is 36.8 Å². The van der Waals surface area contributed by atoms with Crippen LogP contribution in [0.2, 0.25) is 5.02 Å². The SMILES string of the molecule is CCc1nc2ccccc2c(=O)n1CC(=O)Nc1cccc(Cl)c1C. The lowest BCUT2D eigenvalue weighted by atomic mass is 10.2. The lowest BCUT2D eigenvalue weighted by molar-refractivity contribution is -0.116. The third kappa shape index (κ3) is 3.42. The normalized spacial score (nSPS) is 10.8. The molecule has 3 rings (SSSR count). The number of carbonyl (C=O) groups is 1. The zero-order chi connectivity index (χ0) is 18.0. The standard InChI is InChI=1S/C19H18ClN3O2/c1-3-17-21-16-9-5-4-7-13(16)19(25)23(17)11-18(24)22-15-10-6-8-14(20)12(15)2/h4-10H,3,11H2,1-2H3,(H,22,24). The van der Waals surface area contributed by atoms with Gasteiger partial charge in [0.25, 0.3) is 5.56 Å². The maximum absolute atomic E-state index is 12.7. The summed E-state index contributed by atoms with van der Waals surface area (Å²) in [6.07, 6.45) is 0.559. The molecule has 1 N–H and O–H groups in total. The molecule has 5 nitrogen and oxygen atoms in total. The van der Waals surface area contributed by atoms with Gasteiger partial charge in [0.05, 0.1) is 10.9 Å². The van der Waals surface area contributed by atoms with Gasteiger partial charge in [0.2, 0.25) is 5.91 Å². The number of hydrogen-bond donors (Lipinski definition) is 1. The number of rotatable bonds is 4. The molecule has 0 radical (unpaired) electrons. The van der Waals surface area contributed by atoms with Gasteiger partial charge in [-0.3, -0.25) is 14.2 Å². The number of para-hydroxylation sites is 1. The fourth-order valence-corrected chi connectivity index (χ4v) is 2.90. The van der Waals surface area contributed by atoms with Crippen molar-refractivity contribution < 1.29 is 4.79 Å². The van der Waals surface area contributed by atoms with Gasteiger partial charge < -0.3 is 5.32 Å². The highest BCUT2D eigenvalue weighted by Crippen LogP contribution is 2.22. The fourth-order valence-electron chi connectivity index (χ4n) is 2.72. The second kappa shape index (κ2) is 7.07. The summed E-state index contributed by atoms with van der Waals surface area (Å²) in [7, 11) is 0. The Bertz CT molecular complexity index is 1010. The average molecular weight is 356 g/mol. The van der Waals surface area contributed by atoms with Gasteiger partial charge in [0, 0.05) is 17.1 Å². The molecule has 25 heavy (non-hydrogen) atoms. The van der Waals surface area contributed by atoms with Crippen molar-refractivity contribution in [1.82, 2.24) is 9.55 Å². The smallest absolute Gasteiger partial charge is 0.261 e. The Balaban J connectivity index is 1.94. The molecule has 0 aliphatic carbocycles. The number of benzene rings is 2. The van der Waals surface area contributed by atoms with Gasteiger partial charge in [-0.15, -0.1) is 0 Å². The third-order valence-corrected chi connectivity index (χ3v) is 4.51. The number of aryl methyl sites for hydroxylation is 1. The van der Waals surface area contributed by atoms with Gasteiger partial charge in [0.1, 0.15) is 12.4 Å². The molecule has 1 amide bonds. The first-order chi connectivity index (χ1) is 12.0. The zero-order valence-corrected chi connectivity index (χ0v) is 14.8. The molecule has 0 spiro atoms. The molecule has 3 aromatic rings. The van der Waals surface area contributed by atoms with E-state index in [0.717, 1.165) is 5.56 Å². The van der Waals surface area contributed by atoms with Crippen molar-refractivity contribution in [3.05, 3.63) is 69.2 Å². The van der Waals surface area contributed by atoms with Crippen LogP contribution < -0.4 is 10.9 Å². The molecule has 0 atom stereocenters. The molecule has 0 bridgehead atoms. The van der Waals surface area contributed by atoms with E-state index < -0.39 is 0 Å². The first-order valence-corrected chi connectivity index (χ1v) is 8.42. The summed E-state index contributed by atoms with van der Waals surface area (Å²) in [5.74, 6) is 0.293. The van der Waals surface area contributed by atoms with E-state index in [-0.39, 0.29) is 18.0 Å². The van der Waals surface area contributed by atoms with Gasteiger partial charge in [-0.1, -0.05) is 36.7 Å². The van der Waals surface area contributed by atoms with Crippen LogP contribution in [0, 0.1) is 6.92 Å². The maximum atomic E-state index is 12.7. The molecule has 0 fully saturated rings. The van der Waals surface area contributed by atoms with E-state index >= 15 is 0 Å². The van der Waals surface area contributed by atoms with E-state index in [4.69, 9.17) is 11.6 Å². The maximum Gasteiger partial charge on any atom is 0.261 e. The van der Waals surface area contributed by atoms with Crippen LogP contribution in [0.5, 0.6) is 0 Å². The summed E-state index contributed by atoms with van der Waals surface area (Å²) in [6, 6.07) is 12.5. The molecule has 0 saturated carbocycles. The number of halogens is 1. The lowest BCUT2D eigenvalue weighted by Crippen LogP contribution is -2.31. The highest BCUT2D eigenvalue weighted by molar-refractivity contribution is 6.31. The van der Waals surface area contributed by atoms with Crippen LogP contribution in [0.1, 0.15) is 18.3 Å². The Morgan fingerprint density at radius 3 is 2.72 bits per heavy atom. The van der Waals surface area contributed by atoms with E-state index in [0.29, 0.717) is 33.9 Å². The Morgan fingerprint density at radius 1 is 1.20 bits per heavy atom. The Morgan fingerprint density at radius 2 is 1.96 bits per heavy atom. The predicted octanol–water partition coefficient (Wildman–Crippen LogP) is 3.56. The summed E-state index contributed by atoms with van der Waals surface area (Å²) in [4.78, 5) is 29.7. The Labute approximate surface area is 150 Å². The number of anilines is 1. The van der Waals surface area contributed by atoms with Crippen LogP contribution in [0.15, 0.2) is 47.3 Å². The summed E-state index contributed by atoms with van der Waals surface area (Å²) >= 11 is 6.08. The largest absolute Gasteiger partial charge is 0.324 e. The molecular weight excluding hydrogens is 338 g/mol. The van der Waals surface area contributed by atoms with Crippen molar-refractivity contribution in [2.75, 3.05) is 5.32 Å². The van der Waals surface area contributed by atoms with E-state index in [1.165, 1.54) is 4.57 Å². The van der Waals surface area contributed by atoms with Crippen LogP contribution in [0.4, 0.5) is 5.69 Å². The Kier molecular flexibility index (Phi) is 4.86. The molecule has 1 aromatic heterocycles. The second-order valence-corrected chi connectivity index (χ2v) is 6.16. The minimum atomic E-state index is -0.292. The third-order valence-electron chi connectivity index (χ3n) is 4.10. The molecule has 0 unspecified atom stereocenters. The van der Waals surface area contributed by atoms with Crippen LogP contribution in [0.3, 0.4) is 0 Å². The van der Waals surface area contributed by atoms with Crippen molar-refractivity contribution in [3.63, 3.8) is 0 Å². The molecule has 0 aliphatic rings. The van der Waals surface area contributed by atoms with E-state index in [1.54, 1.807) is 36.4 Å². The molecule has 6 heteroatoms. The first kappa shape index (κ1) is 17.2. The van der Waals surface area contributed by atoms with E-state index in [2.05, 4.69) is 10.3 Å².